The van der Waals surface area contributed by atoms with Crippen LogP contribution in [0.5, 0.6) is 0 Å². The molecule has 0 spiro atoms. The minimum absolute atomic E-state index is 0.721. The predicted molar refractivity (Wildman–Crippen MR) is 89.8 cm³/mol. The topological polar surface area (TPSA) is 47.1 Å². The van der Waals surface area contributed by atoms with Crippen LogP contribution < -0.4 is 5.73 Å². The van der Waals surface area contributed by atoms with Gasteiger partial charge in [0.2, 0.25) is 0 Å². The first-order valence-corrected chi connectivity index (χ1v) is 7.84. The smallest absolute Gasteiger partial charge is 0.109 e. The molecule has 0 aliphatic heterocycles. The van der Waals surface area contributed by atoms with Crippen LogP contribution in [0.2, 0.25) is 0 Å². The van der Waals surface area contributed by atoms with Gasteiger partial charge in [-0.1, -0.05) is 0 Å². The maximum atomic E-state index is 5.67. The number of fused-ring (bicyclic) bond motifs is 1. The molecule has 0 saturated carbocycles. The molecule has 0 fully saturated rings. The first kappa shape index (κ1) is 16.0. The Morgan fingerprint density at radius 1 is 1.14 bits per heavy atom. The van der Waals surface area contributed by atoms with E-state index in [0.29, 0.717) is 0 Å². The Labute approximate surface area is 128 Å². The lowest BCUT2D eigenvalue weighted by Crippen LogP contribution is -2.16. The zero-order valence-electron chi connectivity index (χ0n) is 13.8. The molecule has 0 atom stereocenters. The summed E-state index contributed by atoms with van der Waals surface area (Å²) >= 11 is 0. The van der Waals surface area contributed by atoms with Gasteiger partial charge in [-0.2, -0.15) is 0 Å². The maximum absolute atomic E-state index is 5.67. The van der Waals surface area contributed by atoms with Gasteiger partial charge in [-0.05, 0) is 77.1 Å². The van der Waals surface area contributed by atoms with E-state index in [1.807, 2.05) is 0 Å². The third kappa shape index (κ3) is 3.83. The van der Waals surface area contributed by atoms with Crippen LogP contribution in [0.3, 0.4) is 0 Å². The van der Waals surface area contributed by atoms with E-state index in [4.69, 9.17) is 10.7 Å². The second-order valence-electron chi connectivity index (χ2n) is 6.15. The van der Waals surface area contributed by atoms with Gasteiger partial charge in [0, 0.05) is 13.0 Å². The first-order valence-electron chi connectivity index (χ1n) is 7.84. The van der Waals surface area contributed by atoms with Crippen molar-refractivity contribution in [3.8, 4) is 0 Å². The fourth-order valence-electron chi connectivity index (χ4n) is 2.68. The summed E-state index contributed by atoms with van der Waals surface area (Å²) in [6.45, 7) is 7.17. The van der Waals surface area contributed by atoms with E-state index in [-0.39, 0.29) is 0 Å². The highest BCUT2D eigenvalue weighted by Crippen LogP contribution is 2.22. The number of rotatable bonds is 7. The van der Waals surface area contributed by atoms with E-state index >= 15 is 0 Å². The van der Waals surface area contributed by atoms with Gasteiger partial charge in [0.25, 0.3) is 0 Å². The van der Waals surface area contributed by atoms with Crippen molar-refractivity contribution < 1.29 is 0 Å². The normalized spacial score (nSPS) is 11.7. The number of hydrogen-bond donors (Lipinski definition) is 1. The number of imidazole rings is 1. The van der Waals surface area contributed by atoms with Gasteiger partial charge >= 0.3 is 0 Å². The minimum Gasteiger partial charge on any atom is -0.330 e. The fraction of sp³-hybridized carbons (Fsp3) is 0.588. The summed E-state index contributed by atoms with van der Waals surface area (Å²) in [5, 5.41) is 0. The third-order valence-corrected chi connectivity index (χ3v) is 4.03. The molecule has 116 valence electrons. The molecule has 0 bridgehead atoms. The van der Waals surface area contributed by atoms with Crippen molar-refractivity contribution in [1.82, 2.24) is 14.5 Å². The minimum atomic E-state index is 0.721. The van der Waals surface area contributed by atoms with Gasteiger partial charge in [-0.15, -0.1) is 0 Å². The Bertz CT molecular complexity index is 598. The van der Waals surface area contributed by atoms with Crippen molar-refractivity contribution in [3.63, 3.8) is 0 Å². The van der Waals surface area contributed by atoms with Crippen LogP contribution in [0.4, 0.5) is 0 Å². The van der Waals surface area contributed by atoms with Crippen molar-refractivity contribution >= 4 is 11.0 Å². The van der Waals surface area contributed by atoms with E-state index < -0.39 is 0 Å². The van der Waals surface area contributed by atoms with Gasteiger partial charge in [-0.3, -0.25) is 0 Å². The molecule has 4 heteroatoms. The standard InChI is InChI=1S/C17H28N4/c1-13-11-15-16(12-14(13)2)21(10-6-9-20(3)4)17(19-15)7-5-8-18/h11-12H,5-10,18H2,1-4H3. The molecule has 21 heavy (non-hydrogen) atoms. The summed E-state index contributed by atoms with van der Waals surface area (Å²) in [4.78, 5) is 7.07. The zero-order chi connectivity index (χ0) is 15.4. The van der Waals surface area contributed by atoms with Crippen LogP contribution in [-0.4, -0.2) is 41.6 Å². The number of aromatic nitrogens is 2. The Kier molecular flexibility index (Phi) is 5.37. The molecule has 0 unspecified atom stereocenters. The summed E-state index contributed by atoms with van der Waals surface area (Å²) in [6.07, 6.45) is 3.10. The largest absolute Gasteiger partial charge is 0.330 e. The molecule has 2 rings (SSSR count). The molecule has 1 heterocycles. The number of benzene rings is 1. The molecule has 2 aromatic rings. The van der Waals surface area contributed by atoms with Gasteiger partial charge < -0.3 is 15.2 Å². The lowest BCUT2D eigenvalue weighted by molar-refractivity contribution is 0.386. The predicted octanol–water partition coefficient (Wildman–Crippen LogP) is 2.50. The van der Waals surface area contributed by atoms with E-state index in [9.17, 15) is 0 Å². The summed E-state index contributed by atoms with van der Waals surface area (Å²) in [6, 6.07) is 4.48. The van der Waals surface area contributed by atoms with E-state index in [2.05, 4.69) is 49.5 Å². The van der Waals surface area contributed by atoms with Crippen molar-refractivity contribution in [2.75, 3.05) is 27.2 Å². The van der Waals surface area contributed by atoms with Crippen molar-refractivity contribution in [3.05, 3.63) is 29.1 Å². The summed E-state index contributed by atoms with van der Waals surface area (Å²) in [5.41, 5.74) is 10.7. The van der Waals surface area contributed by atoms with Gasteiger partial charge in [0.1, 0.15) is 5.82 Å². The van der Waals surface area contributed by atoms with Crippen LogP contribution >= 0.6 is 0 Å². The lowest BCUT2D eigenvalue weighted by atomic mass is 10.1. The van der Waals surface area contributed by atoms with Gasteiger partial charge in [0.05, 0.1) is 11.0 Å². The molecular formula is C17H28N4. The van der Waals surface area contributed by atoms with Crippen molar-refractivity contribution in [2.24, 2.45) is 5.73 Å². The van der Waals surface area contributed by atoms with Crippen molar-refractivity contribution in [1.29, 1.82) is 0 Å². The maximum Gasteiger partial charge on any atom is 0.109 e. The highest BCUT2D eigenvalue weighted by atomic mass is 15.1. The highest BCUT2D eigenvalue weighted by molar-refractivity contribution is 5.78. The molecule has 1 aromatic heterocycles. The fourth-order valence-corrected chi connectivity index (χ4v) is 2.68. The number of nitrogens with two attached hydrogens (primary N) is 1. The van der Waals surface area contributed by atoms with Gasteiger partial charge in [-0.25, -0.2) is 4.98 Å². The molecular weight excluding hydrogens is 260 g/mol. The van der Waals surface area contributed by atoms with Crippen LogP contribution in [0.15, 0.2) is 12.1 Å². The van der Waals surface area contributed by atoms with E-state index in [0.717, 1.165) is 44.4 Å². The number of nitrogens with zero attached hydrogens (tertiary/aromatic N) is 3. The lowest BCUT2D eigenvalue weighted by Gasteiger charge is -2.12. The average Bonchev–Trinajstić information content (AvgIpc) is 2.74. The Balaban J connectivity index is 2.34. The Hall–Kier alpha value is -1.39. The quantitative estimate of drug-likeness (QED) is 0.851. The molecule has 0 amide bonds. The monoisotopic (exact) mass is 288 g/mol. The van der Waals surface area contributed by atoms with E-state index in [1.165, 1.54) is 22.5 Å². The molecule has 0 aliphatic rings. The highest BCUT2D eigenvalue weighted by Gasteiger charge is 2.11. The summed E-state index contributed by atoms with van der Waals surface area (Å²) in [5.74, 6) is 1.18. The van der Waals surface area contributed by atoms with Crippen molar-refractivity contribution in [2.45, 2.75) is 39.7 Å². The van der Waals surface area contributed by atoms with Crippen LogP contribution in [-0.2, 0) is 13.0 Å². The summed E-state index contributed by atoms with van der Waals surface area (Å²) < 4.78 is 2.39. The van der Waals surface area contributed by atoms with Crippen LogP contribution in [0.25, 0.3) is 11.0 Å². The molecule has 0 aliphatic carbocycles. The third-order valence-electron chi connectivity index (χ3n) is 4.03. The molecule has 1 aromatic carbocycles. The first-order chi connectivity index (χ1) is 10.0. The Morgan fingerprint density at radius 3 is 2.52 bits per heavy atom. The molecule has 0 radical (unpaired) electrons. The molecule has 0 saturated heterocycles. The van der Waals surface area contributed by atoms with Crippen LogP contribution in [0.1, 0.15) is 29.8 Å². The molecule has 4 nitrogen and oxygen atoms in total. The van der Waals surface area contributed by atoms with Gasteiger partial charge in [0.15, 0.2) is 0 Å². The second kappa shape index (κ2) is 7.05. The van der Waals surface area contributed by atoms with E-state index in [1.54, 1.807) is 0 Å². The zero-order valence-corrected chi connectivity index (χ0v) is 13.8. The number of aryl methyl sites for hydroxylation is 4. The second-order valence-corrected chi connectivity index (χ2v) is 6.15. The summed E-state index contributed by atoms with van der Waals surface area (Å²) in [7, 11) is 4.24. The average molecular weight is 288 g/mol. The SMILES string of the molecule is Cc1cc2nc(CCCN)n(CCCN(C)C)c2cc1C. The Morgan fingerprint density at radius 2 is 1.86 bits per heavy atom. The molecule has 2 N–H and O–H groups in total. The van der Waals surface area contributed by atoms with Crippen LogP contribution in [0, 0.1) is 13.8 Å². The number of hydrogen-bond acceptors (Lipinski definition) is 3.